The Bertz CT molecular complexity index is 367. The number of carbonyl (C=O) groups excluding carboxylic acids is 2. The predicted molar refractivity (Wildman–Crippen MR) is 64.8 cm³/mol. The third-order valence-electron chi connectivity index (χ3n) is 4.28. The summed E-state index contributed by atoms with van der Waals surface area (Å²) in [5.41, 5.74) is 0. The summed E-state index contributed by atoms with van der Waals surface area (Å²) in [4.78, 5) is 26.1. The maximum absolute atomic E-state index is 12.6. The number of nitrogens with one attached hydrogen (secondary N) is 1. The molecule has 0 radical (unpaired) electrons. The first-order valence-electron chi connectivity index (χ1n) is 6.88. The summed E-state index contributed by atoms with van der Waals surface area (Å²) in [6.45, 7) is 3.26. The lowest BCUT2D eigenvalue weighted by Gasteiger charge is -2.31. The Labute approximate surface area is 107 Å². The molecule has 3 aliphatic rings. The lowest BCUT2D eigenvalue weighted by Crippen LogP contribution is -2.51. The molecule has 5 nitrogen and oxygen atoms in total. The van der Waals surface area contributed by atoms with Gasteiger partial charge in [-0.05, 0) is 32.1 Å². The van der Waals surface area contributed by atoms with Crippen molar-refractivity contribution < 1.29 is 14.3 Å². The standard InChI is InChI=1S/C13H20N2O3/c1-8-10(5-7-18-8)15-6-4-11(16)14-12(13(15)17)9-2-3-9/h8-10,12H,2-7H2,1H3,(H,14,16). The predicted octanol–water partition coefficient (Wildman–Crippen LogP) is 0.291. The second-order valence-electron chi connectivity index (χ2n) is 5.60. The average molecular weight is 252 g/mol. The SMILES string of the molecule is CC1OCCC1N1CCC(=O)NC(C2CC2)C1=O. The van der Waals surface area contributed by atoms with Crippen molar-refractivity contribution >= 4 is 11.8 Å². The highest BCUT2D eigenvalue weighted by molar-refractivity contribution is 5.90. The fourth-order valence-corrected chi connectivity index (χ4v) is 3.03. The van der Waals surface area contributed by atoms with E-state index in [-0.39, 0.29) is 30.0 Å². The van der Waals surface area contributed by atoms with E-state index in [1.165, 1.54) is 0 Å². The molecule has 3 rings (SSSR count). The van der Waals surface area contributed by atoms with Crippen LogP contribution < -0.4 is 5.32 Å². The summed E-state index contributed by atoms with van der Waals surface area (Å²) in [6, 6.07) is -0.140. The van der Waals surface area contributed by atoms with Gasteiger partial charge < -0.3 is 15.0 Å². The minimum Gasteiger partial charge on any atom is -0.376 e. The minimum atomic E-state index is -0.284. The molecule has 2 heterocycles. The van der Waals surface area contributed by atoms with Crippen LogP contribution in [0.2, 0.25) is 0 Å². The fraction of sp³-hybridized carbons (Fsp3) is 0.846. The third-order valence-corrected chi connectivity index (χ3v) is 4.28. The van der Waals surface area contributed by atoms with E-state index in [9.17, 15) is 9.59 Å². The zero-order chi connectivity index (χ0) is 12.7. The number of carbonyl (C=O) groups is 2. The van der Waals surface area contributed by atoms with Gasteiger partial charge in [-0.15, -0.1) is 0 Å². The molecule has 0 aromatic rings. The first kappa shape index (κ1) is 12.0. The Hall–Kier alpha value is -1.10. The van der Waals surface area contributed by atoms with Crippen molar-refractivity contribution in [3.63, 3.8) is 0 Å². The molecule has 2 saturated heterocycles. The number of rotatable bonds is 2. The van der Waals surface area contributed by atoms with Crippen LogP contribution in [0.3, 0.4) is 0 Å². The Balaban J connectivity index is 1.79. The van der Waals surface area contributed by atoms with Crippen LogP contribution in [-0.2, 0) is 14.3 Å². The van der Waals surface area contributed by atoms with Crippen LogP contribution in [0.5, 0.6) is 0 Å². The van der Waals surface area contributed by atoms with E-state index < -0.39 is 0 Å². The topological polar surface area (TPSA) is 58.6 Å². The van der Waals surface area contributed by atoms with Gasteiger partial charge in [0.25, 0.3) is 0 Å². The molecule has 2 amide bonds. The molecule has 3 atom stereocenters. The van der Waals surface area contributed by atoms with Crippen molar-refractivity contribution in [2.45, 2.75) is 50.8 Å². The molecule has 0 bridgehead atoms. The van der Waals surface area contributed by atoms with E-state index in [1.807, 2.05) is 11.8 Å². The number of ether oxygens (including phenoxy) is 1. The molecule has 100 valence electrons. The molecule has 0 spiro atoms. The van der Waals surface area contributed by atoms with Crippen LogP contribution in [0.25, 0.3) is 0 Å². The van der Waals surface area contributed by atoms with E-state index in [2.05, 4.69) is 5.32 Å². The Kier molecular flexibility index (Phi) is 3.01. The van der Waals surface area contributed by atoms with Gasteiger partial charge in [0, 0.05) is 19.6 Å². The van der Waals surface area contributed by atoms with E-state index in [4.69, 9.17) is 4.74 Å². The van der Waals surface area contributed by atoms with Gasteiger partial charge in [0.1, 0.15) is 6.04 Å². The molecule has 1 saturated carbocycles. The van der Waals surface area contributed by atoms with Gasteiger partial charge >= 0.3 is 0 Å². The molecular formula is C13H20N2O3. The molecule has 2 aliphatic heterocycles. The minimum absolute atomic E-state index is 0.00863. The van der Waals surface area contributed by atoms with Crippen molar-refractivity contribution in [3.05, 3.63) is 0 Å². The first-order valence-corrected chi connectivity index (χ1v) is 6.88. The van der Waals surface area contributed by atoms with Crippen molar-refractivity contribution in [2.75, 3.05) is 13.2 Å². The monoisotopic (exact) mass is 252 g/mol. The average Bonchev–Trinajstić information content (AvgIpc) is 3.11. The second-order valence-corrected chi connectivity index (χ2v) is 5.60. The molecule has 1 N–H and O–H groups in total. The van der Waals surface area contributed by atoms with Crippen LogP contribution in [0, 0.1) is 5.92 Å². The van der Waals surface area contributed by atoms with Gasteiger partial charge in [-0.3, -0.25) is 9.59 Å². The largest absolute Gasteiger partial charge is 0.376 e. The maximum atomic E-state index is 12.6. The Morgan fingerprint density at radius 3 is 2.67 bits per heavy atom. The molecule has 1 aliphatic carbocycles. The lowest BCUT2D eigenvalue weighted by atomic mass is 10.1. The van der Waals surface area contributed by atoms with Gasteiger partial charge in [0.05, 0.1) is 12.1 Å². The summed E-state index contributed by atoms with van der Waals surface area (Å²) in [6.07, 6.45) is 3.50. The second kappa shape index (κ2) is 4.53. The fourth-order valence-electron chi connectivity index (χ4n) is 3.03. The highest BCUT2D eigenvalue weighted by Gasteiger charge is 2.44. The molecule has 0 aromatic heterocycles. The Morgan fingerprint density at radius 2 is 2.06 bits per heavy atom. The first-order chi connectivity index (χ1) is 8.66. The summed E-state index contributed by atoms with van der Waals surface area (Å²) in [5.74, 6) is 0.472. The lowest BCUT2D eigenvalue weighted by molar-refractivity contribution is -0.137. The molecule has 18 heavy (non-hydrogen) atoms. The quantitative estimate of drug-likeness (QED) is 0.768. The molecular weight excluding hydrogens is 232 g/mol. The molecule has 3 unspecified atom stereocenters. The maximum Gasteiger partial charge on any atom is 0.245 e. The van der Waals surface area contributed by atoms with Crippen LogP contribution in [0.15, 0.2) is 0 Å². The Morgan fingerprint density at radius 1 is 1.28 bits per heavy atom. The zero-order valence-corrected chi connectivity index (χ0v) is 10.7. The van der Waals surface area contributed by atoms with Crippen molar-refractivity contribution in [1.82, 2.24) is 10.2 Å². The third kappa shape index (κ3) is 2.11. The van der Waals surface area contributed by atoms with Gasteiger partial charge in [0.2, 0.25) is 11.8 Å². The normalized spacial score (nSPS) is 37.6. The molecule has 5 heteroatoms. The van der Waals surface area contributed by atoms with Crippen LogP contribution >= 0.6 is 0 Å². The van der Waals surface area contributed by atoms with E-state index in [1.54, 1.807) is 0 Å². The number of amides is 2. The highest BCUT2D eigenvalue weighted by atomic mass is 16.5. The van der Waals surface area contributed by atoms with Crippen molar-refractivity contribution in [3.8, 4) is 0 Å². The zero-order valence-electron chi connectivity index (χ0n) is 10.7. The summed E-state index contributed by atoms with van der Waals surface area (Å²) >= 11 is 0. The van der Waals surface area contributed by atoms with Gasteiger partial charge in [-0.1, -0.05) is 0 Å². The van der Waals surface area contributed by atoms with Crippen molar-refractivity contribution in [1.29, 1.82) is 0 Å². The molecule has 3 fully saturated rings. The summed E-state index contributed by atoms with van der Waals surface area (Å²) in [7, 11) is 0. The van der Waals surface area contributed by atoms with Crippen LogP contribution in [-0.4, -0.2) is 48.1 Å². The van der Waals surface area contributed by atoms with E-state index in [0.717, 1.165) is 19.3 Å². The molecule has 0 aromatic carbocycles. The van der Waals surface area contributed by atoms with E-state index >= 15 is 0 Å². The van der Waals surface area contributed by atoms with Gasteiger partial charge in [-0.25, -0.2) is 0 Å². The summed E-state index contributed by atoms with van der Waals surface area (Å²) in [5, 5.41) is 2.89. The number of hydrogen-bond donors (Lipinski definition) is 1. The van der Waals surface area contributed by atoms with E-state index in [0.29, 0.717) is 25.5 Å². The van der Waals surface area contributed by atoms with Gasteiger partial charge in [-0.2, -0.15) is 0 Å². The highest BCUT2D eigenvalue weighted by Crippen LogP contribution is 2.35. The number of nitrogens with zero attached hydrogens (tertiary/aromatic N) is 1. The van der Waals surface area contributed by atoms with Gasteiger partial charge in [0.15, 0.2) is 0 Å². The van der Waals surface area contributed by atoms with Crippen LogP contribution in [0.1, 0.15) is 32.6 Å². The van der Waals surface area contributed by atoms with Crippen LogP contribution in [0.4, 0.5) is 0 Å². The summed E-state index contributed by atoms with van der Waals surface area (Å²) < 4.78 is 5.55. The number of hydrogen-bond acceptors (Lipinski definition) is 3. The smallest absolute Gasteiger partial charge is 0.245 e. The van der Waals surface area contributed by atoms with Crippen molar-refractivity contribution in [2.24, 2.45) is 5.92 Å².